The SMILES string of the molecule is CCc1ccc(OCc2ccc(C(=O)[O-])o2)c(C(C)(C)C)c1. The predicted molar refractivity (Wildman–Crippen MR) is 81.9 cm³/mol. The van der Waals surface area contributed by atoms with Crippen LogP contribution in [0.4, 0.5) is 0 Å². The van der Waals surface area contributed by atoms with E-state index in [1.54, 1.807) is 6.07 Å². The largest absolute Gasteiger partial charge is 0.542 e. The highest BCUT2D eigenvalue weighted by atomic mass is 16.5. The molecule has 0 spiro atoms. The van der Waals surface area contributed by atoms with Crippen molar-refractivity contribution < 1.29 is 19.1 Å². The first-order valence-corrected chi connectivity index (χ1v) is 7.37. The summed E-state index contributed by atoms with van der Waals surface area (Å²) in [5.74, 6) is -0.264. The molecular weight excluding hydrogens is 280 g/mol. The summed E-state index contributed by atoms with van der Waals surface area (Å²) < 4.78 is 11.0. The quantitative estimate of drug-likeness (QED) is 0.851. The zero-order chi connectivity index (χ0) is 16.3. The fourth-order valence-corrected chi connectivity index (χ4v) is 2.22. The smallest absolute Gasteiger partial charge is 0.149 e. The third-order valence-electron chi connectivity index (χ3n) is 3.49. The molecule has 0 N–H and O–H groups in total. The summed E-state index contributed by atoms with van der Waals surface area (Å²) >= 11 is 0. The highest BCUT2D eigenvalue weighted by Gasteiger charge is 2.19. The highest BCUT2D eigenvalue weighted by Crippen LogP contribution is 2.33. The van der Waals surface area contributed by atoms with Gasteiger partial charge < -0.3 is 19.1 Å². The normalized spacial score (nSPS) is 11.5. The second kappa shape index (κ2) is 6.26. The van der Waals surface area contributed by atoms with E-state index < -0.39 is 5.97 Å². The Morgan fingerprint density at radius 3 is 2.50 bits per heavy atom. The molecule has 4 nitrogen and oxygen atoms in total. The van der Waals surface area contributed by atoms with Gasteiger partial charge in [0, 0.05) is 0 Å². The lowest BCUT2D eigenvalue weighted by Crippen LogP contribution is -2.21. The summed E-state index contributed by atoms with van der Waals surface area (Å²) in [7, 11) is 0. The summed E-state index contributed by atoms with van der Waals surface area (Å²) in [6.45, 7) is 8.70. The van der Waals surface area contributed by atoms with Gasteiger partial charge in [0.25, 0.3) is 0 Å². The van der Waals surface area contributed by atoms with Gasteiger partial charge >= 0.3 is 0 Å². The number of hydrogen-bond donors (Lipinski definition) is 0. The number of rotatable bonds is 5. The zero-order valence-electron chi connectivity index (χ0n) is 13.4. The van der Waals surface area contributed by atoms with Crippen LogP contribution in [0.2, 0.25) is 0 Å². The summed E-state index contributed by atoms with van der Waals surface area (Å²) in [5.41, 5.74) is 2.34. The summed E-state index contributed by atoms with van der Waals surface area (Å²) in [5, 5.41) is 10.7. The van der Waals surface area contributed by atoms with E-state index in [1.807, 2.05) is 12.1 Å². The molecule has 0 saturated carbocycles. The molecule has 0 bridgehead atoms. The number of aromatic carboxylic acids is 1. The molecule has 0 amide bonds. The maximum absolute atomic E-state index is 10.7. The average Bonchev–Trinajstić information content (AvgIpc) is 2.93. The lowest BCUT2D eigenvalue weighted by molar-refractivity contribution is -0.257. The highest BCUT2D eigenvalue weighted by molar-refractivity contribution is 5.82. The average molecular weight is 301 g/mol. The first kappa shape index (κ1) is 16.1. The van der Waals surface area contributed by atoms with Gasteiger partial charge in [-0.25, -0.2) is 0 Å². The van der Waals surface area contributed by atoms with Gasteiger partial charge in [0.2, 0.25) is 0 Å². The molecular formula is C18H21O4-. The van der Waals surface area contributed by atoms with Crippen LogP contribution in [0.5, 0.6) is 5.75 Å². The lowest BCUT2D eigenvalue weighted by atomic mass is 9.85. The number of carbonyl (C=O) groups excluding carboxylic acids is 1. The molecule has 0 fully saturated rings. The summed E-state index contributed by atoms with van der Waals surface area (Å²) in [6.07, 6.45) is 0.969. The predicted octanol–water partition coefficient (Wildman–Crippen LogP) is 3.08. The number of carboxylic acid groups (broad SMARTS) is 1. The standard InChI is InChI=1S/C18H22O4/c1-5-12-6-8-15(14(10-12)18(2,3)4)21-11-13-7-9-16(22-13)17(19)20/h6-10H,5,11H2,1-4H3,(H,19,20)/p-1. The van der Waals surface area contributed by atoms with Crippen LogP contribution in [0.1, 0.15) is 55.1 Å². The third-order valence-corrected chi connectivity index (χ3v) is 3.49. The molecule has 0 radical (unpaired) electrons. The Kier molecular flexibility index (Phi) is 4.59. The van der Waals surface area contributed by atoms with Crippen molar-refractivity contribution in [3.05, 3.63) is 53.0 Å². The fourth-order valence-electron chi connectivity index (χ4n) is 2.22. The van der Waals surface area contributed by atoms with Crippen LogP contribution >= 0.6 is 0 Å². The maximum atomic E-state index is 10.7. The number of benzene rings is 1. The molecule has 0 atom stereocenters. The van der Waals surface area contributed by atoms with E-state index in [0.717, 1.165) is 17.7 Å². The van der Waals surface area contributed by atoms with Gasteiger partial charge in [0.15, 0.2) is 0 Å². The van der Waals surface area contributed by atoms with Crippen molar-refractivity contribution in [2.45, 2.75) is 46.1 Å². The molecule has 1 aromatic carbocycles. The van der Waals surface area contributed by atoms with Gasteiger partial charge in [0.1, 0.15) is 29.8 Å². The van der Waals surface area contributed by atoms with Gasteiger partial charge in [-0.1, -0.05) is 39.8 Å². The Morgan fingerprint density at radius 1 is 1.23 bits per heavy atom. The van der Waals surface area contributed by atoms with Crippen molar-refractivity contribution in [2.75, 3.05) is 0 Å². The molecule has 1 aromatic heterocycles. The van der Waals surface area contributed by atoms with Crippen LogP contribution in [0, 0.1) is 0 Å². The van der Waals surface area contributed by atoms with Gasteiger partial charge in [-0.15, -0.1) is 0 Å². The number of hydrogen-bond acceptors (Lipinski definition) is 4. The Labute approximate surface area is 130 Å². The Balaban J connectivity index is 2.19. The van der Waals surface area contributed by atoms with Crippen molar-refractivity contribution in [3.8, 4) is 5.75 Å². The Morgan fingerprint density at radius 2 is 1.95 bits per heavy atom. The van der Waals surface area contributed by atoms with Gasteiger partial charge in [-0.3, -0.25) is 0 Å². The van der Waals surface area contributed by atoms with Crippen molar-refractivity contribution in [1.29, 1.82) is 0 Å². The van der Waals surface area contributed by atoms with Crippen LogP contribution < -0.4 is 9.84 Å². The number of carboxylic acids is 1. The minimum Gasteiger partial charge on any atom is -0.542 e. The topological polar surface area (TPSA) is 62.5 Å². The van der Waals surface area contributed by atoms with Crippen LogP contribution in [-0.2, 0) is 18.4 Å². The molecule has 0 unspecified atom stereocenters. The molecule has 2 rings (SSSR count). The Bertz CT molecular complexity index is 662. The first-order chi connectivity index (χ1) is 10.3. The molecule has 2 aromatic rings. The summed E-state index contributed by atoms with van der Waals surface area (Å²) in [4.78, 5) is 10.7. The number of furan rings is 1. The van der Waals surface area contributed by atoms with E-state index in [2.05, 4.69) is 33.8 Å². The van der Waals surface area contributed by atoms with Crippen molar-refractivity contribution in [1.82, 2.24) is 0 Å². The van der Waals surface area contributed by atoms with Crippen molar-refractivity contribution in [2.24, 2.45) is 0 Å². The minimum atomic E-state index is -1.33. The van der Waals surface area contributed by atoms with Crippen LogP contribution in [0.25, 0.3) is 0 Å². The van der Waals surface area contributed by atoms with Gasteiger partial charge in [0.05, 0.1) is 0 Å². The van der Waals surface area contributed by atoms with E-state index >= 15 is 0 Å². The van der Waals surface area contributed by atoms with Crippen LogP contribution in [0.15, 0.2) is 34.7 Å². The molecule has 0 saturated heterocycles. The fraction of sp³-hybridized carbons (Fsp3) is 0.389. The van der Waals surface area contributed by atoms with E-state index in [9.17, 15) is 9.90 Å². The van der Waals surface area contributed by atoms with Crippen molar-refractivity contribution >= 4 is 5.97 Å². The van der Waals surface area contributed by atoms with Crippen LogP contribution in [0.3, 0.4) is 0 Å². The van der Waals surface area contributed by atoms with Gasteiger partial charge in [-0.05, 0) is 41.2 Å². The molecule has 0 aliphatic heterocycles. The molecule has 4 heteroatoms. The van der Waals surface area contributed by atoms with E-state index in [1.165, 1.54) is 11.6 Å². The number of carbonyl (C=O) groups is 1. The molecule has 1 heterocycles. The molecule has 22 heavy (non-hydrogen) atoms. The second-order valence-corrected chi connectivity index (χ2v) is 6.28. The number of aryl methyl sites for hydroxylation is 1. The second-order valence-electron chi connectivity index (χ2n) is 6.28. The van der Waals surface area contributed by atoms with Crippen LogP contribution in [-0.4, -0.2) is 5.97 Å². The first-order valence-electron chi connectivity index (χ1n) is 7.37. The summed E-state index contributed by atoms with van der Waals surface area (Å²) in [6, 6.07) is 9.12. The molecule has 118 valence electrons. The number of ether oxygens (including phenoxy) is 1. The molecule has 0 aliphatic rings. The lowest BCUT2D eigenvalue weighted by Gasteiger charge is -2.23. The third kappa shape index (κ3) is 3.70. The maximum Gasteiger partial charge on any atom is 0.149 e. The van der Waals surface area contributed by atoms with Crippen molar-refractivity contribution in [3.63, 3.8) is 0 Å². The van der Waals surface area contributed by atoms with E-state index in [-0.39, 0.29) is 17.8 Å². The van der Waals surface area contributed by atoms with Gasteiger partial charge in [-0.2, -0.15) is 0 Å². The monoisotopic (exact) mass is 301 g/mol. The van der Waals surface area contributed by atoms with E-state index in [4.69, 9.17) is 9.15 Å². The zero-order valence-corrected chi connectivity index (χ0v) is 13.4. The molecule has 0 aliphatic carbocycles. The Hall–Kier alpha value is -2.23. The minimum absolute atomic E-state index is 0.0418. The van der Waals surface area contributed by atoms with E-state index in [0.29, 0.717) is 5.76 Å².